The average molecular weight is 324 g/mol. The fraction of sp³-hybridized carbons (Fsp3) is 0.600. The fourth-order valence-corrected chi connectivity index (χ4v) is 5.08. The van der Waals surface area contributed by atoms with E-state index in [0.717, 1.165) is 23.6 Å². The molecule has 3 aliphatic rings. The minimum absolute atomic E-state index is 0.0673. The van der Waals surface area contributed by atoms with E-state index in [-0.39, 0.29) is 28.8 Å². The Morgan fingerprint density at radius 3 is 2.73 bits per heavy atom. The van der Waals surface area contributed by atoms with Crippen LogP contribution in [-0.2, 0) is 9.59 Å². The number of nitrogens with zero attached hydrogens (tertiary/aromatic N) is 1. The molecule has 0 aliphatic carbocycles. The highest BCUT2D eigenvalue weighted by Gasteiger charge is 2.60. The van der Waals surface area contributed by atoms with E-state index in [4.69, 9.17) is 0 Å². The van der Waals surface area contributed by atoms with Crippen LogP contribution in [0.25, 0.3) is 0 Å². The molecule has 0 saturated carbocycles. The van der Waals surface area contributed by atoms with Crippen LogP contribution in [0.4, 0.5) is 0 Å². The molecule has 0 radical (unpaired) electrons. The number of carboxylic acid groups (broad SMARTS) is 1. The van der Waals surface area contributed by atoms with Gasteiger partial charge in [-0.3, -0.25) is 4.79 Å². The summed E-state index contributed by atoms with van der Waals surface area (Å²) in [7, 11) is 0. The molecule has 1 amide bonds. The Balaban J connectivity index is 1.88. The molecule has 0 aromatic rings. The molecule has 0 spiro atoms. The molecule has 6 nitrogen and oxygen atoms in total. The van der Waals surface area contributed by atoms with Crippen molar-refractivity contribution < 1.29 is 19.8 Å². The molecule has 3 rings (SSSR count). The summed E-state index contributed by atoms with van der Waals surface area (Å²) in [5.74, 6) is -1.92. The molecule has 22 heavy (non-hydrogen) atoms. The van der Waals surface area contributed by atoms with Gasteiger partial charge in [0.1, 0.15) is 5.70 Å². The van der Waals surface area contributed by atoms with E-state index in [1.165, 1.54) is 16.7 Å². The van der Waals surface area contributed by atoms with Crippen LogP contribution in [0.5, 0.6) is 0 Å². The number of aliphatic hydroxyl groups excluding tert-OH is 1. The molecule has 3 aliphatic heterocycles. The van der Waals surface area contributed by atoms with Gasteiger partial charge in [-0.15, -0.1) is 11.8 Å². The van der Waals surface area contributed by atoms with Gasteiger partial charge in [0.15, 0.2) is 0 Å². The Bertz CT molecular complexity index is 586. The van der Waals surface area contributed by atoms with Crippen LogP contribution in [0, 0.1) is 11.8 Å². The van der Waals surface area contributed by atoms with Crippen molar-refractivity contribution in [2.45, 2.75) is 37.7 Å². The third-order valence-electron chi connectivity index (χ3n) is 4.66. The maximum Gasteiger partial charge on any atom is 0.353 e. The number of aliphatic carboxylic acids is 1. The van der Waals surface area contributed by atoms with Crippen molar-refractivity contribution in [1.82, 2.24) is 10.2 Å². The number of aliphatic hydroxyl groups is 1. The first-order valence-electron chi connectivity index (χ1n) is 7.39. The summed E-state index contributed by atoms with van der Waals surface area (Å²) in [6.07, 6.45) is 0.0372. The van der Waals surface area contributed by atoms with Crippen LogP contribution in [0.1, 0.15) is 20.3 Å². The molecular weight excluding hydrogens is 304 g/mol. The molecule has 0 unspecified atom stereocenters. The van der Waals surface area contributed by atoms with Crippen molar-refractivity contribution in [1.29, 1.82) is 0 Å². The van der Waals surface area contributed by atoms with Crippen molar-refractivity contribution in [3.8, 4) is 0 Å². The molecule has 7 heteroatoms. The molecule has 3 heterocycles. The van der Waals surface area contributed by atoms with Crippen LogP contribution in [-0.4, -0.2) is 50.9 Å². The highest BCUT2D eigenvalue weighted by molar-refractivity contribution is 8.03. The second-order valence-corrected chi connectivity index (χ2v) is 7.54. The number of carbonyl (C=O) groups excluding carboxylic acids is 1. The first kappa shape index (κ1) is 15.4. The first-order valence-corrected chi connectivity index (χ1v) is 8.27. The van der Waals surface area contributed by atoms with Gasteiger partial charge in [-0.05, 0) is 6.92 Å². The molecule has 0 aromatic heterocycles. The molecule has 0 bridgehead atoms. The van der Waals surface area contributed by atoms with Gasteiger partial charge in [0, 0.05) is 34.7 Å². The first-order chi connectivity index (χ1) is 10.3. The van der Waals surface area contributed by atoms with Gasteiger partial charge in [-0.25, -0.2) is 4.79 Å². The number of hydrogen-bond acceptors (Lipinski definition) is 5. The van der Waals surface area contributed by atoms with Crippen LogP contribution in [0.2, 0.25) is 0 Å². The van der Waals surface area contributed by atoms with Gasteiger partial charge in [0.05, 0.1) is 18.1 Å². The van der Waals surface area contributed by atoms with Crippen molar-refractivity contribution in [2.75, 3.05) is 6.54 Å². The number of β-lactam (4-membered cyclic amide) rings is 1. The van der Waals surface area contributed by atoms with Gasteiger partial charge in [0.2, 0.25) is 5.91 Å². The maximum atomic E-state index is 12.2. The number of amides is 1. The van der Waals surface area contributed by atoms with Gasteiger partial charge >= 0.3 is 5.97 Å². The quantitative estimate of drug-likeness (QED) is 0.661. The Hall–Kier alpha value is -1.47. The maximum absolute atomic E-state index is 12.2. The Kier molecular flexibility index (Phi) is 3.72. The minimum Gasteiger partial charge on any atom is -0.477 e. The van der Waals surface area contributed by atoms with Crippen molar-refractivity contribution in [3.05, 3.63) is 22.9 Å². The normalized spacial score (nSPS) is 35.3. The van der Waals surface area contributed by atoms with E-state index in [0.29, 0.717) is 0 Å². The van der Waals surface area contributed by atoms with E-state index >= 15 is 0 Å². The van der Waals surface area contributed by atoms with Gasteiger partial charge in [-0.2, -0.15) is 0 Å². The third-order valence-corrected chi connectivity index (χ3v) is 6.14. The molecular formula is C15H20N2O4S. The summed E-state index contributed by atoms with van der Waals surface area (Å²) in [5, 5.41) is 22.7. The van der Waals surface area contributed by atoms with Crippen LogP contribution in [0.3, 0.4) is 0 Å². The second-order valence-electron chi connectivity index (χ2n) is 6.20. The minimum atomic E-state index is -1.07. The summed E-state index contributed by atoms with van der Waals surface area (Å²) in [4.78, 5) is 26.0. The monoisotopic (exact) mass is 324 g/mol. The number of nitrogens with one attached hydrogen (secondary N) is 1. The zero-order valence-electron chi connectivity index (χ0n) is 12.6. The van der Waals surface area contributed by atoms with Crippen molar-refractivity contribution >= 4 is 23.6 Å². The number of fused-ring (bicyclic) bond motifs is 1. The van der Waals surface area contributed by atoms with Gasteiger partial charge in [-0.1, -0.05) is 13.5 Å². The number of carboxylic acids is 1. The van der Waals surface area contributed by atoms with E-state index in [1.54, 1.807) is 6.92 Å². The predicted octanol–water partition coefficient (Wildman–Crippen LogP) is 0.749. The zero-order valence-corrected chi connectivity index (χ0v) is 13.4. The fourth-order valence-electron chi connectivity index (χ4n) is 3.62. The highest BCUT2D eigenvalue weighted by Crippen LogP contribution is 2.51. The van der Waals surface area contributed by atoms with Crippen molar-refractivity contribution in [2.24, 2.45) is 11.8 Å². The largest absolute Gasteiger partial charge is 0.477 e. The van der Waals surface area contributed by atoms with Crippen LogP contribution < -0.4 is 5.32 Å². The van der Waals surface area contributed by atoms with Crippen LogP contribution >= 0.6 is 11.8 Å². The van der Waals surface area contributed by atoms with E-state index in [1.807, 2.05) is 6.92 Å². The summed E-state index contributed by atoms with van der Waals surface area (Å²) in [6.45, 7) is 8.17. The molecule has 3 N–H and O–H groups in total. The summed E-state index contributed by atoms with van der Waals surface area (Å²) in [5.41, 5.74) is 1.06. The Morgan fingerprint density at radius 2 is 2.23 bits per heavy atom. The number of thioether (sulfide) groups is 1. The zero-order chi connectivity index (χ0) is 16.2. The summed E-state index contributed by atoms with van der Waals surface area (Å²) >= 11 is 1.53. The lowest BCUT2D eigenvalue weighted by Crippen LogP contribution is -2.63. The van der Waals surface area contributed by atoms with E-state index < -0.39 is 18.0 Å². The molecule has 120 valence electrons. The van der Waals surface area contributed by atoms with Crippen LogP contribution in [0.15, 0.2) is 22.9 Å². The standard InChI is InChI=1S/C15H20N2O4S/c1-6-4-9(5-16-6)22-13-7(2)11-10(8(3)18)14(19)17(11)12(13)15(20)21/h7-11,16,18H,1,4-5H2,2-3H3,(H,20,21)/t7-,8-,9+,10-,11-/m1/s1. The third kappa shape index (κ3) is 2.14. The Morgan fingerprint density at radius 1 is 1.55 bits per heavy atom. The number of carbonyl (C=O) groups is 2. The molecule has 2 fully saturated rings. The van der Waals surface area contributed by atoms with E-state index in [2.05, 4.69) is 11.9 Å². The highest BCUT2D eigenvalue weighted by atomic mass is 32.2. The topological polar surface area (TPSA) is 89.9 Å². The average Bonchev–Trinajstić information content (AvgIpc) is 2.92. The summed E-state index contributed by atoms with van der Waals surface area (Å²) < 4.78 is 0. The number of rotatable bonds is 4. The van der Waals surface area contributed by atoms with Crippen molar-refractivity contribution in [3.63, 3.8) is 0 Å². The lowest BCUT2D eigenvalue weighted by molar-refractivity contribution is -0.163. The molecule has 5 atom stereocenters. The Labute approximate surface area is 133 Å². The van der Waals surface area contributed by atoms with Gasteiger partial charge < -0.3 is 20.4 Å². The second kappa shape index (κ2) is 5.31. The smallest absolute Gasteiger partial charge is 0.353 e. The lowest BCUT2D eigenvalue weighted by atomic mass is 9.79. The summed E-state index contributed by atoms with van der Waals surface area (Å²) in [6, 6.07) is -0.237. The predicted molar refractivity (Wildman–Crippen MR) is 82.8 cm³/mol. The van der Waals surface area contributed by atoms with Gasteiger partial charge in [0.25, 0.3) is 0 Å². The molecule has 0 aromatic carbocycles. The van der Waals surface area contributed by atoms with E-state index in [9.17, 15) is 19.8 Å². The SMILES string of the molecule is C=C1C[C@H](SC2=C(C(=O)O)N3C(=O)[C@H]([C@@H](C)O)[C@H]3[C@H]2C)CN1. The molecule has 2 saturated heterocycles. The number of hydrogen-bond donors (Lipinski definition) is 3. The number of allylic oxidation sites excluding steroid dienone is 1. The lowest BCUT2D eigenvalue weighted by Gasteiger charge is -2.46.